The lowest BCUT2D eigenvalue weighted by Crippen LogP contribution is -2.05. The lowest BCUT2D eigenvalue weighted by Gasteiger charge is -2.10. The van der Waals surface area contributed by atoms with Gasteiger partial charge in [-0.05, 0) is 44.5 Å². The monoisotopic (exact) mass is 273 g/mol. The lowest BCUT2D eigenvalue weighted by molar-refractivity contribution is -0.118. The number of fused-ring (bicyclic) bond motifs is 1. The Labute approximate surface area is 120 Å². The first kappa shape index (κ1) is 14.6. The quantitative estimate of drug-likeness (QED) is 0.757. The van der Waals surface area contributed by atoms with Gasteiger partial charge in [-0.15, -0.1) is 0 Å². The number of aromatic nitrogens is 1. The molecule has 1 aromatic carbocycles. The Kier molecular flexibility index (Phi) is 4.83. The van der Waals surface area contributed by atoms with Crippen molar-refractivity contribution in [3.8, 4) is 5.75 Å². The van der Waals surface area contributed by atoms with Crippen LogP contribution in [0.1, 0.15) is 40.0 Å². The van der Waals surface area contributed by atoms with Gasteiger partial charge in [0.05, 0.1) is 6.10 Å². The van der Waals surface area contributed by atoms with Crippen molar-refractivity contribution in [2.75, 3.05) is 0 Å². The third-order valence-electron chi connectivity index (χ3n) is 3.36. The van der Waals surface area contributed by atoms with Gasteiger partial charge in [-0.1, -0.05) is 6.92 Å². The number of Topliss-reactive ketones (excluding diaryl/α,β-unsaturated/α-hetero) is 1. The smallest absolute Gasteiger partial charge is 0.132 e. The summed E-state index contributed by atoms with van der Waals surface area (Å²) >= 11 is 0. The number of nitrogens with zero attached hydrogens (tertiary/aromatic N) is 1. The standard InChI is InChI=1S/C17H23NO2/c1-4-15(19)6-5-10-18-11-9-14-12-16(20-13(2)3)7-8-17(14)18/h7-9,11-13H,4-6,10H2,1-3H3. The molecule has 3 heteroatoms. The second kappa shape index (κ2) is 6.60. The normalized spacial score (nSPS) is 11.2. The Morgan fingerprint density at radius 1 is 1.30 bits per heavy atom. The van der Waals surface area contributed by atoms with E-state index in [2.05, 4.69) is 29.0 Å². The highest BCUT2D eigenvalue weighted by Gasteiger charge is 2.05. The van der Waals surface area contributed by atoms with Crippen LogP contribution in [0.15, 0.2) is 30.5 Å². The maximum atomic E-state index is 11.3. The lowest BCUT2D eigenvalue weighted by atomic mass is 10.2. The van der Waals surface area contributed by atoms with Crippen molar-refractivity contribution in [3.63, 3.8) is 0 Å². The van der Waals surface area contributed by atoms with E-state index in [4.69, 9.17) is 4.74 Å². The number of benzene rings is 1. The number of carbonyl (C=O) groups excluding carboxylic acids is 1. The molecule has 0 aliphatic heterocycles. The van der Waals surface area contributed by atoms with Crippen molar-refractivity contribution < 1.29 is 9.53 Å². The summed E-state index contributed by atoms with van der Waals surface area (Å²) in [6.07, 6.45) is 4.49. The molecule has 0 fully saturated rings. The Morgan fingerprint density at radius 3 is 2.80 bits per heavy atom. The van der Waals surface area contributed by atoms with Crippen LogP contribution in [-0.4, -0.2) is 16.5 Å². The molecule has 0 aliphatic carbocycles. The fourth-order valence-corrected chi connectivity index (χ4v) is 2.34. The predicted octanol–water partition coefficient (Wildman–Crippen LogP) is 4.19. The second-order valence-corrected chi connectivity index (χ2v) is 5.39. The van der Waals surface area contributed by atoms with Gasteiger partial charge in [-0.25, -0.2) is 0 Å². The summed E-state index contributed by atoms with van der Waals surface area (Å²) < 4.78 is 7.91. The number of hydrogen-bond acceptors (Lipinski definition) is 2. The van der Waals surface area contributed by atoms with Crippen LogP contribution in [0, 0.1) is 0 Å². The minimum absolute atomic E-state index is 0.189. The van der Waals surface area contributed by atoms with Crippen LogP contribution in [0.5, 0.6) is 5.75 Å². The van der Waals surface area contributed by atoms with Crippen LogP contribution >= 0.6 is 0 Å². The van der Waals surface area contributed by atoms with E-state index in [0.717, 1.165) is 18.7 Å². The van der Waals surface area contributed by atoms with E-state index >= 15 is 0 Å². The van der Waals surface area contributed by atoms with Crippen molar-refractivity contribution in [2.45, 2.75) is 52.7 Å². The predicted molar refractivity (Wildman–Crippen MR) is 82.2 cm³/mol. The van der Waals surface area contributed by atoms with Gasteiger partial charge in [0.1, 0.15) is 11.5 Å². The number of carbonyl (C=O) groups is 1. The molecule has 2 aromatic rings. The molecular formula is C17H23NO2. The molecule has 0 spiro atoms. The maximum Gasteiger partial charge on any atom is 0.132 e. The molecule has 0 saturated heterocycles. The molecule has 0 unspecified atom stereocenters. The SMILES string of the molecule is CCC(=O)CCCn1ccc2cc(OC(C)C)ccc21. The van der Waals surface area contributed by atoms with Crippen LogP contribution in [0.4, 0.5) is 0 Å². The molecule has 0 N–H and O–H groups in total. The Balaban J connectivity index is 2.06. The van der Waals surface area contributed by atoms with Gasteiger partial charge in [0.25, 0.3) is 0 Å². The largest absolute Gasteiger partial charge is 0.491 e. The minimum atomic E-state index is 0.189. The molecule has 1 aromatic heterocycles. The molecule has 108 valence electrons. The van der Waals surface area contributed by atoms with E-state index in [9.17, 15) is 4.79 Å². The molecule has 0 radical (unpaired) electrons. The summed E-state index contributed by atoms with van der Waals surface area (Å²) in [4.78, 5) is 11.3. The van der Waals surface area contributed by atoms with E-state index in [-0.39, 0.29) is 6.10 Å². The molecule has 0 atom stereocenters. The third-order valence-corrected chi connectivity index (χ3v) is 3.36. The number of ketones is 1. The molecule has 0 saturated carbocycles. The first-order chi connectivity index (χ1) is 9.60. The average molecular weight is 273 g/mol. The van der Waals surface area contributed by atoms with Crippen LogP contribution in [0.2, 0.25) is 0 Å². The van der Waals surface area contributed by atoms with Gasteiger partial charge in [0.15, 0.2) is 0 Å². The highest BCUT2D eigenvalue weighted by molar-refractivity contribution is 5.81. The summed E-state index contributed by atoms with van der Waals surface area (Å²) in [5, 5.41) is 1.19. The summed E-state index contributed by atoms with van der Waals surface area (Å²) in [6, 6.07) is 8.28. The summed E-state index contributed by atoms with van der Waals surface area (Å²) in [7, 11) is 0. The first-order valence-electron chi connectivity index (χ1n) is 7.37. The summed E-state index contributed by atoms with van der Waals surface area (Å²) in [6.45, 7) is 6.86. The van der Waals surface area contributed by atoms with Gasteiger partial charge in [0.2, 0.25) is 0 Å². The average Bonchev–Trinajstić information content (AvgIpc) is 2.80. The molecule has 3 nitrogen and oxygen atoms in total. The first-order valence-corrected chi connectivity index (χ1v) is 7.37. The van der Waals surface area contributed by atoms with Crippen molar-refractivity contribution in [3.05, 3.63) is 30.5 Å². The summed E-state index contributed by atoms with van der Waals surface area (Å²) in [5.74, 6) is 1.25. The molecule has 20 heavy (non-hydrogen) atoms. The topological polar surface area (TPSA) is 31.2 Å². The Morgan fingerprint density at radius 2 is 2.10 bits per heavy atom. The van der Waals surface area contributed by atoms with E-state index in [0.29, 0.717) is 18.6 Å². The maximum absolute atomic E-state index is 11.3. The molecule has 0 amide bonds. The van der Waals surface area contributed by atoms with E-state index in [1.54, 1.807) is 0 Å². The zero-order chi connectivity index (χ0) is 14.5. The van der Waals surface area contributed by atoms with Crippen LogP contribution < -0.4 is 4.74 Å². The van der Waals surface area contributed by atoms with Crippen LogP contribution in [0.25, 0.3) is 10.9 Å². The molecule has 0 aliphatic rings. The van der Waals surface area contributed by atoms with E-state index in [1.807, 2.05) is 26.8 Å². The molecule has 2 rings (SSSR count). The van der Waals surface area contributed by atoms with Crippen molar-refractivity contribution in [1.82, 2.24) is 4.57 Å². The zero-order valence-electron chi connectivity index (χ0n) is 12.6. The van der Waals surface area contributed by atoms with Gasteiger partial charge >= 0.3 is 0 Å². The third kappa shape index (κ3) is 3.62. The number of rotatable bonds is 7. The van der Waals surface area contributed by atoms with Gasteiger partial charge in [0, 0.05) is 36.5 Å². The van der Waals surface area contributed by atoms with Gasteiger partial charge < -0.3 is 9.30 Å². The molecular weight excluding hydrogens is 250 g/mol. The molecule has 0 bridgehead atoms. The number of ether oxygens (including phenoxy) is 1. The Bertz CT molecular complexity index is 584. The fourth-order valence-electron chi connectivity index (χ4n) is 2.34. The van der Waals surface area contributed by atoms with Gasteiger partial charge in [-0.3, -0.25) is 4.79 Å². The van der Waals surface area contributed by atoms with Crippen LogP contribution in [-0.2, 0) is 11.3 Å². The fraction of sp³-hybridized carbons (Fsp3) is 0.471. The van der Waals surface area contributed by atoms with Crippen molar-refractivity contribution in [2.24, 2.45) is 0 Å². The highest BCUT2D eigenvalue weighted by Crippen LogP contribution is 2.23. The van der Waals surface area contributed by atoms with Gasteiger partial charge in [-0.2, -0.15) is 0 Å². The number of aryl methyl sites for hydroxylation is 1. The highest BCUT2D eigenvalue weighted by atomic mass is 16.5. The zero-order valence-corrected chi connectivity index (χ0v) is 12.6. The van der Waals surface area contributed by atoms with E-state index < -0.39 is 0 Å². The van der Waals surface area contributed by atoms with Crippen molar-refractivity contribution in [1.29, 1.82) is 0 Å². The second-order valence-electron chi connectivity index (χ2n) is 5.39. The summed E-state index contributed by atoms with van der Waals surface area (Å²) in [5.41, 5.74) is 1.20. The van der Waals surface area contributed by atoms with Crippen LogP contribution in [0.3, 0.4) is 0 Å². The number of hydrogen-bond donors (Lipinski definition) is 0. The van der Waals surface area contributed by atoms with Crippen molar-refractivity contribution >= 4 is 16.7 Å². The molecule has 1 heterocycles. The van der Waals surface area contributed by atoms with E-state index in [1.165, 1.54) is 10.9 Å². The minimum Gasteiger partial charge on any atom is -0.491 e. The Hall–Kier alpha value is -1.77.